The third-order valence-electron chi connectivity index (χ3n) is 2.66. The molecule has 0 fully saturated rings. The summed E-state index contributed by atoms with van der Waals surface area (Å²) in [5, 5.41) is 6.11. The summed E-state index contributed by atoms with van der Waals surface area (Å²) in [7, 11) is 0. The number of nitrogens with one attached hydrogen (secondary N) is 1. The van der Waals surface area contributed by atoms with Gasteiger partial charge in [0.1, 0.15) is 12.7 Å². The summed E-state index contributed by atoms with van der Waals surface area (Å²) >= 11 is 0. The van der Waals surface area contributed by atoms with Crippen LogP contribution in [-0.2, 0) is 6.54 Å². The average Bonchev–Trinajstić information content (AvgIpc) is 2.98. The Hall–Kier alpha value is -2.45. The van der Waals surface area contributed by atoms with Gasteiger partial charge in [-0.3, -0.25) is 9.48 Å². The largest absolute Gasteiger partial charge is 0.352 e. The molecule has 2 rings (SSSR count). The Bertz CT molecular complexity index is 645. The molecular formula is C12H10F4N4O. The maximum atomic E-state index is 13.4. The van der Waals surface area contributed by atoms with Gasteiger partial charge >= 0.3 is 0 Å². The first kappa shape index (κ1) is 14.9. The zero-order valence-corrected chi connectivity index (χ0v) is 10.6. The van der Waals surface area contributed by atoms with Crippen LogP contribution in [0.25, 0.3) is 0 Å². The van der Waals surface area contributed by atoms with Gasteiger partial charge in [-0.2, -0.15) is 5.10 Å². The molecule has 1 aromatic carbocycles. The quantitative estimate of drug-likeness (QED) is 0.395. The van der Waals surface area contributed by atoms with Crippen LogP contribution in [0.15, 0.2) is 18.7 Å². The van der Waals surface area contributed by atoms with E-state index in [0.29, 0.717) is 19.0 Å². The summed E-state index contributed by atoms with van der Waals surface area (Å²) in [6.07, 6.45) is 3.27. The number of rotatable bonds is 5. The number of carbonyl (C=O) groups excluding carboxylic acids is 1. The van der Waals surface area contributed by atoms with E-state index in [9.17, 15) is 22.4 Å². The minimum Gasteiger partial charge on any atom is -0.352 e. The van der Waals surface area contributed by atoms with Gasteiger partial charge in [-0.1, -0.05) is 0 Å². The summed E-state index contributed by atoms with van der Waals surface area (Å²) in [4.78, 5) is 15.3. The molecule has 0 radical (unpaired) electrons. The van der Waals surface area contributed by atoms with Crippen LogP contribution in [0.3, 0.4) is 0 Å². The van der Waals surface area contributed by atoms with Crippen molar-refractivity contribution in [3.63, 3.8) is 0 Å². The van der Waals surface area contributed by atoms with E-state index in [1.165, 1.54) is 17.3 Å². The number of halogens is 4. The lowest BCUT2D eigenvalue weighted by Gasteiger charge is -2.07. The van der Waals surface area contributed by atoms with Crippen LogP contribution in [0.2, 0.25) is 0 Å². The van der Waals surface area contributed by atoms with Crippen LogP contribution in [0.1, 0.15) is 16.8 Å². The molecule has 1 N–H and O–H groups in total. The first-order chi connectivity index (χ1) is 10.0. The van der Waals surface area contributed by atoms with Crippen LogP contribution < -0.4 is 5.32 Å². The molecule has 0 saturated carbocycles. The highest BCUT2D eigenvalue weighted by Gasteiger charge is 2.22. The normalized spacial score (nSPS) is 10.7. The molecule has 2 aromatic rings. The Balaban J connectivity index is 1.94. The topological polar surface area (TPSA) is 59.8 Å². The fourth-order valence-corrected chi connectivity index (χ4v) is 1.62. The maximum Gasteiger partial charge on any atom is 0.254 e. The summed E-state index contributed by atoms with van der Waals surface area (Å²) in [5.74, 6) is -8.33. The number of aryl methyl sites for hydroxylation is 1. The Kier molecular flexibility index (Phi) is 4.51. The molecule has 0 unspecified atom stereocenters. The van der Waals surface area contributed by atoms with Crippen molar-refractivity contribution in [3.8, 4) is 0 Å². The van der Waals surface area contributed by atoms with Gasteiger partial charge in [0.2, 0.25) is 0 Å². The van der Waals surface area contributed by atoms with Crippen molar-refractivity contribution in [1.82, 2.24) is 20.1 Å². The first-order valence-corrected chi connectivity index (χ1v) is 5.94. The third kappa shape index (κ3) is 3.36. The van der Waals surface area contributed by atoms with Crippen molar-refractivity contribution in [1.29, 1.82) is 0 Å². The van der Waals surface area contributed by atoms with E-state index < -0.39 is 34.7 Å². The highest BCUT2D eigenvalue weighted by molar-refractivity contribution is 5.94. The van der Waals surface area contributed by atoms with Gasteiger partial charge < -0.3 is 5.32 Å². The predicted molar refractivity (Wildman–Crippen MR) is 63.2 cm³/mol. The second kappa shape index (κ2) is 6.33. The Labute approximate surface area is 116 Å². The number of aromatic nitrogens is 3. The van der Waals surface area contributed by atoms with Gasteiger partial charge in [-0.25, -0.2) is 22.5 Å². The minimum absolute atomic E-state index is 0.124. The number of nitrogens with zero attached hydrogens (tertiary/aromatic N) is 3. The maximum absolute atomic E-state index is 13.4. The van der Waals surface area contributed by atoms with Crippen LogP contribution >= 0.6 is 0 Å². The van der Waals surface area contributed by atoms with Gasteiger partial charge in [0, 0.05) is 13.1 Å². The van der Waals surface area contributed by atoms with Gasteiger partial charge in [0.05, 0.1) is 5.56 Å². The molecule has 112 valence electrons. The molecule has 21 heavy (non-hydrogen) atoms. The third-order valence-corrected chi connectivity index (χ3v) is 2.66. The summed E-state index contributed by atoms with van der Waals surface area (Å²) in [5.41, 5.74) is -0.882. The molecule has 0 atom stereocenters. The molecule has 0 aliphatic heterocycles. The van der Waals surface area contributed by atoms with Crippen LogP contribution in [0, 0.1) is 23.3 Å². The molecular weight excluding hydrogens is 292 g/mol. The number of benzene rings is 1. The lowest BCUT2D eigenvalue weighted by Crippen LogP contribution is -2.27. The smallest absolute Gasteiger partial charge is 0.254 e. The molecule has 1 aromatic heterocycles. The molecule has 0 bridgehead atoms. The molecule has 1 amide bonds. The van der Waals surface area contributed by atoms with Crippen LogP contribution in [-0.4, -0.2) is 27.2 Å². The molecule has 5 nitrogen and oxygen atoms in total. The standard InChI is InChI=1S/C12H10F4N4O/c13-8-4-7(9(14)11(16)10(8)15)12(21)18-2-1-3-20-6-17-5-19-20/h4-6H,1-3H2,(H,18,21). The van der Waals surface area contributed by atoms with Crippen molar-refractivity contribution in [2.24, 2.45) is 0 Å². The predicted octanol–water partition coefficient (Wildman–Crippen LogP) is 1.65. The Morgan fingerprint density at radius 1 is 1.19 bits per heavy atom. The zero-order valence-electron chi connectivity index (χ0n) is 10.6. The lowest BCUT2D eigenvalue weighted by atomic mass is 10.1. The number of hydrogen-bond donors (Lipinski definition) is 1. The lowest BCUT2D eigenvalue weighted by molar-refractivity contribution is 0.0946. The summed E-state index contributed by atoms with van der Waals surface area (Å²) in [6.45, 7) is 0.577. The SMILES string of the molecule is O=C(NCCCn1cncn1)c1cc(F)c(F)c(F)c1F. The molecule has 1 heterocycles. The average molecular weight is 302 g/mol. The summed E-state index contributed by atoms with van der Waals surface area (Å²) in [6, 6.07) is 0.320. The summed E-state index contributed by atoms with van der Waals surface area (Å²) < 4.78 is 53.6. The molecule has 9 heteroatoms. The van der Waals surface area contributed by atoms with E-state index in [4.69, 9.17) is 0 Å². The number of amides is 1. The van der Waals surface area contributed by atoms with Crippen molar-refractivity contribution in [2.45, 2.75) is 13.0 Å². The van der Waals surface area contributed by atoms with Gasteiger partial charge in [-0.15, -0.1) is 0 Å². The van der Waals surface area contributed by atoms with Crippen LogP contribution in [0.5, 0.6) is 0 Å². The van der Waals surface area contributed by atoms with E-state index in [1.54, 1.807) is 0 Å². The minimum atomic E-state index is -2.01. The van der Waals surface area contributed by atoms with Crippen molar-refractivity contribution in [3.05, 3.63) is 47.6 Å². The Morgan fingerprint density at radius 2 is 1.95 bits per heavy atom. The second-order valence-electron chi connectivity index (χ2n) is 4.12. The van der Waals surface area contributed by atoms with E-state index in [2.05, 4.69) is 15.4 Å². The molecule has 0 saturated heterocycles. The van der Waals surface area contributed by atoms with E-state index in [1.807, 2.05) is 0 Å². The van der Waals surface area contributed by atoms with E-state index in [-0.39, 0.29) is 6.54 Å². The first-order valence-electron chi connectivity index (χ1n) is 5.94. The van der Waals surface area contributed by atoms with Crippen molar-refractivity contribution >= 4 is 5.91 Å². The number of hydrogen-bond acceptors (Lipinski definition) is 3. The van der Waals surface area contributed by atoms with E-state index in [0.717, 1.165) is 0 Å². The zero-order chi connectivity index (χ0) is 15.4. The van der Waals surface area contributed by atoms with Gasteiger partial charge in [0.25, 0.3) is 5.91 Å². The highest BCUT2D eigenvalue weighted by atomic mass is 19.2. The highest BCUT2D eigenvalue weighted by Crippen LogP contribution is 2.18. The number of carbonyl (C=O) groups is 1. The van der Waals surface area contributed by atoms with Crippen molar-refractivity contribution in [2.75, 3.05) is 6.54 Å². The van der Waals surface area contributed by atoms with Gasteiger partial charge in [0.15, 0.2) is 23.3 Å². The monoisotopic (exact) mass is 302 g/mol. The van der Waals surface area contributed by atoms with Gasteiger partial charge in [-0.05, 0) is 12.5 Å². The fourth-order valence-electron chi connectivity index (χ4n) is 1.62. The van der Waals surface area contributed by atoms with Crippen molar-refractivity contribution < 1.29 is 22.4 Å². The Morgan fingerprint density at radius 3 is 2.62 bits per heavy atom. The molecule has 0 aliphatic carbocycles. The second-order valence-corrected chi connectivity index (χ2v) is 4.12. The fraction of sp³-hybridized carbons (Fsp3) is 0.250. The van der Waals surface area contributed by atoms with E-state index >= 15 is 0 Å². The van der Waals surface area contributed by atoms with Crippen LogP contribution in [0.4, 0.5) is 17.6 Å². The molecule has 0 spiro atoms. The molecule has 0 aliphatic rings.